The van der Waals surface area contributed by atoms with E-state index in [9.17, 15) is 4.79 Å². The quantitative estimate of drug-likeness (QED) is 0.468. The largest absolute Gasteiger partial charge is 0.476 e. The van der Waals surface area contributed by atoms with Crippen LogP contribution in [0.5, 0.6) is 5.75 Å². The zero-order valence-corrected chi connectivity index (χ0v) is 12.0. The number of carbonyl (C=O) groups is 1. The molecular weight excluding hydrogens is 333 g/mol. The Kier molecular flexibility index (Phi) is 6.02. The fourth-order valence-electron chi connectivity index (χ4n) is 0.982. The maximum Gasteiger partial charge on any atom is 0.347 e. The molecule has 0 spiro atoms. The highest BCUT2D eigenvalue weighted by atomic mass is 79.9. The second-order valence-electron chi connectivity index (χ2n) is 3.04. The molecule has 1 unspecified atom stereocenters. The molecule has 0 radical (unpaired) electrons. The number of carbonyl (C=O) groups excluding carboxylic acids is 1. The van der Waals surface area contributed by atoms with Gasteiger partial charge in [0.1, 0.15) is 11.8 Å². The van der Waals surface area contributed by atoms with Crippen LogP contribution in [0.4, 0.5) is 0 Å². The molecule has 0 aliphatic heterocycles. The van der Waals surface area contributed by atoms with Crippen LogP contribution in [0.15, 0.2) is 12.1 Å². The topological polar surface area (TPSA) is 48.4 Å². The maximum absolute atomic E-state index is 11.4. The lowest BCUT2D eigenvalue weighted by molar-refractivity contribution is -0.150. The van der Waals surface area contributed by atoms with E-state index in [-0.39, 0.29) is 10.3 Å². The number of halogens is 3. The number of ether oxygens (including phenoxy) is 2. The van der Waals surface area contributed by atoms with Crippen molar-refractivity contribution in [3.05, 3.63) is 22.4 Å². The second-order valence-corrected chi connectivity index (χ2v) is 4.58. The summed E-state index contributed by atoms with van der Waals surface area (Å²) >= 11 is 14.6. The molecule has 1 aromatic heterocycles. The van der Waals surface area contributed by atoms with Crippen molar-refractivity contribution in [3.8, 4) is 5.75 Å². The van der Waals surface area contributed by atoms with Crippen molar-refractivity contribution in [1.29, 1.82) is 0 Å². The normalized spacial score (nSPS) is 12.0. The molecule has 94 valence electrons. The molecule has 0 N–H and O–H groups in total. The number of aromatic nitrogens is 1. The summed E-state index contributed by atoms with van der Waals surface area (Å²) in [5.41, 5.74) is 0. The van der Waals surface area contributed by atoms with Crippen LogP contribution >= 0.6 is 39.1 Å². The summed E-state index contributed by atoms with van der Waals surface area (Å²) in [6.07, 6.45) is -0.755. The fourth-order valence-corrected chi connectivity index (χ4v) is 1.53. The van der Waals surface area contributed by atoms with Crippen LogP contribution in [0.2, 0.25) is 10.3 Å². The third-order valence-electron chi connectivity index (χ3n) is 1.74. The van der Waals surface area contributed by atoms with Crippen molar-refractivity contribution in [2.45, 2.75) is 13.0 Å². The van der Waals surface area contributed by atoms with Gasteiger partial charge in [-0.25, -0.2) is 9.78 Å². The summed E-state index contributed by atoms with van der Waals surface area (Å²) in [7, 11) is 0. The van der Waals surface area contributed by atoms with Crippen molar-refractivity contribution >= 4 is 45.1 Å². The Morgan fingerprint density at radius 3 is 2.82 bits per heavy atom. The molecule has 17 heavy (non-hydrogen) atoms. The van der Waals surface area contributed by atoms with Crippen LogP contribution in [0, 0.1) is 0 Å². The molecule has 0 amide bonds. The van der Waals surface area contributed by atoms with E-state index in [0.717, 1.165) is 0 Å². The van der Waals surface area contributed by atoms with Gasteiger partial charge in [-0.1, -0.05) is 39.1 Å². The van der Waals surface area contributed by atoms with E-state index in [1.54, 1.807) is 13.0 Å². The average Bonchev–Trinajstić information content (AvgIpc) is 2.29. The van der Waals surface area contributed by atoms with E-state index in [1.165, 1.54) is 6.07 Å². The highest BCUT2D eigenvalue weighted by Crippen LogP contribution is 2.25. The van der Waals surface area contributed by atoms with Gasteiger partial charge in [0.2, 0.25) is 0 Å². The molecule has 0 aromatic carbocycles. The Bertz CT molecular complexity index is 403. The van der Waals surface area contributed by atoms with Crippen molar-refractivity contribution in [2.75, 3.05) is 11.9 Å². The molecule has 0 saturated heterocycles. The van der Waals surface area contributed by atoms with Gasteiger partial charge in [-0.3, -0.25) is 0 Å². The number of rotatable bonds is 5. The van der Waals surface area contributed by atoms with Crippen LogP contribution < -0.4 is 4.74 Å². The third kappa shape index (κ3) is 4.69. The van der Waals surface area contributed by atoms with Crippen LogP contribution in [-0.2, 0) is 9.53 Å². The van der Waals surface area contributed by atoms with E-state index in [1.807, 2.05) is 0 Å². The molecule has 1 heterocycles. The number of hydrogen-bond donors (Lipinski definition) is 0. The first-order chi connectivity index (χ1) is 8.04. The molecule has 1 aromatic rings. The van der Waals surface area contributed by atoms with E-state index in [0.29, 0.717) is 17.7 Å². The fraction of sp³-hybridized carbons (Fsp3) is 0.400. The molecule has 0 fully saturated rings. The van der Waals surface area contributed by atoms with Crippen LogP contribution in [0.3, 0.4) is 0 Å². The number of hydrogen-bond acceptors (Lipinski definition) is 4. The lowest BCUT2D eigenvalue weighted by Crippen LogP contribution is -2.26. The standard InChI is InChI=1S/C10H10BrCl2NO3/c1-6(10(15)16-5-4-11)17-7-2-3-8(12)14-9(7)13/h2-3,6H,4-5H2,1H3. The average molecular weight is 343 g/mol. The Hall–Kier alpha value is -0.520. The zero-order valence-electron chi connectivity index (χ0n) is 8.95. The van der Waals surface area contributed by atoms with Gasteiger partial charge in [0.25, 0.3) is 0 Å². The lowest BCUT2D eigenvalue weighted by Gasteiger charge is -2.14. The van der Waals surface area contributed by atoms with Crippen molar-refractivity contribution in [1.82, 2.24) is 4.98 Å². The minimum Gasteiger partial charge on any atom is -0.476 e. The third-order valence-corrected chi connectivity index (χ3v) is 2.54. The number of esters is 1. The monoisotopic (exact) mass is 341 g/mol. The predicted octanol–water partition coefficient (Wildman–Crippen LogP) is 3.09. The molecule has 0 bridgehead atoms. The summed E-state index contributed by atoms with van der Waals surface area (Å²) in [4.78, 5) is 15.2. The first-order valence-corrected chi connectivity index (χ1v) is 6.63. The van der Waals surface area contributed by atoms with Crippen LogP contribution in [-0.4, -0.2) is 29.0 Å². The Balaban J connectivity index is 2.61. The Morgan fingerprint density at radius 2 is 2.24 bits per heavy atom. The molecule has 4 nitrogen and oxygen atoms in total. The first kappa shape index (κ1) is 14.5. The molecule has 1 atom stereocenters. The van der Waals surface area contributed by atoms with E-state index in [2.05, 4.69) is 20.9 Å². The Labute approximate surface area is 117 Å². The lowest BCUT2D eigenvalue weighted by atomic mass is 10.4. The minimum atomic E-state index is -0.755. The smallest absolute Gasteiger partial charge is 0.347 e. The van der Waals surface area contributed by atoms with Crippen LogP contribution in [0.1, 0.15) is 6.92 Å². The molecule has 7 heteroatoms. The highest BCUT2D eigenvalue weighted by molar-refractivity contribution is 9.09. The van der Waals surface area contributed by atoms with Gasteiger partial charge in [-0.2, -0.15) is 0 Å². The second kappa shape index (κ2) is 7.03. The van der Waals surface area contributed by atoms with Gasteiger partial charge >= 0.3 is 5.97 Å². The van der Waals surface area contributed by atoms with Gasteiger partial charge in [0.05, 0.1) is 0 Å². The summed E-state index contributed by atoms with van der Waals surface area (Å²) in [6.45, 7) is 1.86. The van der Waals surface area contributed by atoms with Gasteiger partial charge in [0.15, 0.2) is 17.0 Å². The molecular formula is C10H10BrCl2NO3. The molecule has 1 rings (SSSR count). The molecule has 0 saturated carbocycles. The molecule has 0 aliphatic rings. The SMILES string of the molecule is CC(Oc1ccc(Cl)nc1Cl)C(=O)OCCBr. The maximum atomic E-state index is 11.4. The van der Waals surface area contributed by atoms with Gasteiger partial charge in [-0.05, 0) is 19.1 Å². The van der Waals surface area contributed by atoms with Crippen molar-refractivity contribution in [3.63, 3.8) is 0 Å². The summed E-state index contributed by atoms with van der Waals surface area (Å²) < 4.78 is 10.2. The van der Waals surface area contributed by atoms with Crippen LogP contribution in [0.25, 0.3) is 0 Å². The van der Waals surface area contributed by atoms with E-state index >= 15 is 0 Å². The summed E-state index contributed by atoms with van der Waals surface area (Å²) in [5, 5.41) is 0.948. The minimum absolute atomic E-state index is 0.109. The van der Waals surface area contributed by atoms with Gasteiger partial charge < -0.3 is 9.47 Å². The van der Waals surface area contributed by atoms with E-state index < -0.39 is 12.1 Å². The summed E-state index contributed by atoms with van der Waals surface area (Å²) in [6, 6.07) is 3.07. The summed E-state index contributed by atoms with van der Waals surface area (Å²) in [5.74, 6) is -0.171. The number of alkyl halides is 1. The number of nitrogens with zero attached hydrogens (tertiary/aromatic N) is 1. The first-order valence-electron chi connectivity index (χ1n) is 4.76. The predicted molar refractivity (Wildman–Crippen MR) is 69.1 cm³/mol. The van der Waals surface area contributed by atoms with Crippen molar-refractivity contribution < 1.29 is 14.3 Å². The van der Waals surface area contributed by atoms with Crippen molar-refractivity contribution in [2.24, 2.45) is 0 Å². The number of pyridine rings is 1. The zero-order chi connectivity index (χ0) is 12.8. The van der Waals surface area contributed by atoms with E-state index in [4.69, 9.17) is 32.7 Å². The van der Waals surface area contributed by atoms with Gasteiger partial charge in [0, 0.05) is 5.33 Å². The Morgan fingerprint density at radius 1 is 1.53 bits per heavy atom. The molecule has 0 aliphatic carbocycles. The van der Waals surface area contributed by atoms with Gasteiger partial charge in [-0.15, -0.1) is 0 Å². The highest BCUT2D eigenvalue weighted by Gasteiger charge is 2.17.